The molecule has 1 aromatic heterocycles. The number of anilines is 1. The maximum Gasteiger partial charge on any atom is 1.00 e. The fourth-order valence-corrected chi connectivity index (χ4v) is 3.54. The Morgan fingerprint density at radius 2 is 2.21 bits per heavy atom. The number of nitrogen functional groups attached to an aromatic ring is 1. The van der Waals surface area contributed by atoms with E-state index in [4.69, 9.17) is 10.6 Å². The molecule has 2 heterocycles. The molecule has 16 heteroatoms. The maximum atomic E-state index is 12.5. The predicted octanol–water partition coefficient (Wildman–Crippen LogP) is -5.04. The first kappa shape index (κ1) is 25.0. The molecule has 1 aromatic rings. The predicted molar refractivity (Wildman–Crippen MR) is 93.5 cm³/mol. The molecule has 1 saturated heterocycles. The summed E-state index contributed by atoms with van der Waals surface area (Å²) >= 11 is 1.00. The Morgan fingerprint density at radius 3 is 2.69 bits per heavy atom. The van der Waals surface area contributed by atoms with Gasteiger partial charge in [-0.05, 0) is 0 Å². The number of amides is 2. The number of nitrogens with one attached hydrogen (secondary N) is 1. The summed E-state index contributed by atoms with van der Waals surface area (Å²) in [5.41, 5.74) is 5.14. The van der Waals surface area contributed by atoms with Gasteiger partial charge >= 0.3 is 35.5 Å². The van der Waals surface area contributed by atoms with Crippen molar-refractivity contribution >= 4 is 50.3 Å². The number of hydrogen-bond donors (Lipinski definition) is 2. The second-order valence-corrected chi connectivity index (χ2v) is 7.24. The topological polar surface area (TPSA) is 193 Å². The minimum atomic E-state index is -5.29. The van der Waals surface area contributed by atoms with Crippen LogP contribution in [0.5, 0.6) is 0 Å². The van der Waals surface area contributed by atoms with Gasteiger partial charge in [-0.3, -0.25) is 9.59 Å². The molecule has 0 bridgehead atoms. The number of hydrogen-bond acceptors (Lipinski definition) is 12. The number of esters is 1. The SMILES string of the molecule is C=CCON=C(C(=O)N[C@@H]1C(=O)N(S(=O)(=O)[O-])[C@@H]1C(=O)OC)c1csc(N)n1.[Na+]. The number of carbonyl (C=O) groups excluding carboxylic acids is 3. The molecule has 1 aliphatic rings. The number of carbonyl (C=O) groups is 3. The zero-order chi connectivity index (χ0) is 21.1. The molecular weight excluding hydrogens is 441 g/mol. The van der Waals surface area contributed by atoms with Gasteiger partial charge in [0.1, 0.15) is 18.3 Å². The molecule has 0 aliphatic carbocycles. The van der Waals surface area contributed by atoms with E-state index in [0.29, 0.717) is 0 Å². The van der Waals surface area contributed by atoms with Crippen molar-refractivity contribution in [2.24, 2.45) is 5.16 Å². The third kappa shape index (κ3) is 5.52. The van der Waals surface area contributed by atoms with Gasteiger partial charge in [-0.1, -0.05) is 17.8 Å². The molecule has 0 saturated carbocycles. The van der Waals surface area contributed by atoms with E-state index < -0.39 is 45.9 Å². The molecule has 1 fully saturated rings. The van der Waals surface area contributed by atoms with Crippen molar-refractivity contribution < 1.29 is 66.5 Å². The van der Waals surface area contributed by atoms with Crippen LogP contribution in [0.4, 0.5) is 5.13 Å². The van der Waals surface area contributed by atoms with Crippen LogP contribution in [0.15, 0.2) is 23.2 Å². The Bertz CT molecular complexity index is 947. The summed E-state index contributed by atoms with van der Waals surface area (Å²) in [6, 6.07) is -3.51. The summed E-state index contributed by atoms with van der Waals surface area (Å²) in [6.07, 6.45) is 1.36. The number of nitrogens with zero attached hydrogens (tertiary/aromatic N) is 3. The molecule has 29 heavy (non-hydrogen) atoms. The second kappa shape index (κ2) is 10.1. The van der Waals surface area contributed by atoms with Crippen LogP contribution < -0.4 is 40.6 Å². The molecule has 0 aromatic carbocycles. The van der Waals surface area contributed by atoms with Gasteiger partial charge in [-0.2, -0.15) is 0 Å². The quantitative estimate of drug-likeness (QED) is 0.0560. The summed E-state index contributed by atoms with van der Waals surface area (Å²) in [5.74, 6) is -3.53. The fraction of sp³-hybridized carbons (Fsp3) is 0.308. The number of thiazole rings is 1. The monoisotopic (exact) mass is 455 g/mol. The summed E-state index contributed by atoms with van der Waals surface area (Å²) in [4.78, 5) is 45.0. The number of β-lactam (4-membered cyclic amide) rings is 1. The van der Waals surface area contributed by atoms with Crippen molar-refractivity contribution in [3.05, 3.63) is 23.7 Å². The van der Waals surface area contributed by atoms with Crippen LogP contribution in [0.1, 0.15) is 5.69 Å². The second-order valence-electron chi connectivity index (χ2n) is 5.11. The molecule has 2 atom stereocenters. The largest absolute Gasteiger partial charge is 1.00 e. The molecule has 1 aliphatic heterocycles. The number of ether oxygens (including phenoxy) is 1. The van der Waals surface area contributed by atoms with Gasteiger partial charge in [0.25, 0.3) is 11.8 Å². The molecule has 3 N–H and O–H groups in total. The minimum Gasteiger partial charge on any atom is -0.731 e. The van der Waals surface area contributed by atoms with Gasteiger partial charge in [0.15, 0.2) is 27.2 Å². The van der Waals surface area contributed by atoms with Crippen LogP contribution in [0.2, 0.25) is 0 Å². The fourth-order valence-electron chi connectivity index (χ4n) is 2.17. The maximum absolute atomic E-state index is 12.5. The zero-order valence-electron chi connectivity index (χ0n) is 15.2. The van der Waals surface area contributed by atoms with E-state index in [1.807, 2.05) is 0 Å². The number of methoxy groups -OCH3 is 1. The Hall–Kier alpha value is -2.04. The first-order chi connectivity index (χ1) is 13.1. The van der Waals surface area contributed by atoms with Crippen LogP contribution in [0.25, 0.3) is 0 Å². The number of aromatic nitrogens is 1. The van der Waals surface area contributed by atoms with Crippen molar-refractivity contribution in [1.82, 2.24) is 14.6 Å². The Labute approximate surface area is 191 Å². The number of rotatable bonds is 8. The van der Waals surface area contributed by atoms with E-state index in [1.54, 1.807) is 0 Å². The first-order valence-corrected chi connectivity index (χ1v) is 9.56. The molecule has 0 radical (unpaired) electrons. The van der Waals surface area contributed by atoms with Crippen molar-refractivity contribution in [2.75, 3.05) is 19.5 Å². The third-order valence-corrected chi connectivity index (χ3v) is 4.91. The Balaban J connectivity index is 0.00000420. The molecule has 0 spiro atoms. The number of nitrogens with two attached hydrogens (primary N) is 1. The van der Waals surface area contributed by atoms with E-state index in [1.165, 1.54) is 11.5 Å². The Morgan fingerprint density at radius 1 is 1.55 bits per heavy atom. The van der Waals surface area contributed by atoms with Gasteiger partial charge in [0.2, 0.25) is 0 Å². The summed E-state index contributed by atoms with van der Waals surface area (Å²) in [5, 5.41) is 7.22. The molecule has 13 nitrogen and oxygen atoms in total. The van der Waals surface area contributed by atoms with Gasteiger partial charge in [-0.25, -0.2) is 22.5 Å². The standard InChI is InChI=1S/C13H15N5O8S2.Na/c1-3-4-26-17-7(6-5-27-13(14)15-6)10(19)16-8-9(12(21)25-2)18(11(8)20)28(22,23)24;/h3,5,8-9H,1,4H2,2H3,(H2,14,15)(H,16,19)(H,22,23,24);/q;+1/p-1/t8-,9-;/m0./s1. The number of oxime groups is 1. The van der Waals surface area contributed by atoms with E-state index in [2.05, 4.69) is 26.8 Å². The molecular formula is C13H14N5NaO8S2. The normalized spacial score (nSPS) is 18.9. The zero-order valence-corrected chi connectivity index (χ0v) is 18.9. The van der Waals surface area contributed by atoms with E-state index in [-0.39, 0.29) is 51.3 Å². The minimum absolute atomic E-state index is 0. The van der Waals surface area contributed by atoms with Gasteiger partial charge in [-0.15, -0.1) is 11.3 Å². The van der Waals surface area contributed by atoms with Crippen molar-refractivity contribution in [3.63, 3.8) is 0 Å². The average Bonchev–Trinajstić information content (AvgIpc) is 3.04. The van der Waals surface area contributed by atoms with E-state index in [9.17, 15) is 27.4 Å². The average molecular weight is 455 g/mol. The van der Waals surface area contributed by atoms with Crippen LogP contribution in [0.3, 0.4) is 0 Å². The Kier molecular flexibility index (Phi) is 8.73. The van der Waals surface area contributed by atoms with Crippen molar-refractivity contribution in [2.45, 2.75) is 12.1 Å². The molecule has 2 amide bonds. The molecule has 2 rings (SSSR count). The van der Waals surface area contributed by atoms with Crippen LogP contribution in [-0.4, -0.2) is 71.6 Å². The summed E-state index contributed by atoms with van der Waals surface area (Å²) < 4.78 is 37.7. The van der Waals surface area contributed by atoms with Gasteiger partial charge in [0, 0.05) is 5.38 Å². The van der Waals surface area contributed by atoms with Gasteiger partial charge < -0.3 is 25.2 Å². The van der Waals surface area contributed by atoms with Crippen LogP contribution in [0, 0.1) is 0 Å². The van der Waals surface area contributed by atoms with Crippen molar-refractivity contribution in [1.29, 1.82) is 0 Å². The van der Waals surface area contributed by atoms with Crippen LogP contribution in [-0.2, 0) is 34.3 Å². The van der Waals surface area contributed by atoms with Crippen molar-refractivity contribution in [3.8, 4) is 0 Å². The first-order valence-electron chi connectivity index (χ1n) is 7.31. The van der Waals surface area contributed by atoms with Crippen LogP contribution >= 0.6 is 11.3 Å². The summed E-state index contributed by atoms with van der Waals surface area (Å²) in [7, 11) is -4.36. The third-order valence-electron chi connectivity index (χ3n) is 3.35. The van der Waals surface area contributed by atoms with E-state index in [0.717, 1.165) is 18.4 Å². The van der Waals surface area contributed by atoms with E-state index >= 15 is 0 Å². The molecule has 0 unspecified atom stereocenters. The smallest absolute Gasteiger partial charge is 0.731 e. The van der Waals surface area contributed by atoms with Gasteiger partial charge in [0.05, 0.1) is 7.11 Å². The summed E-state index contributed by atoms with van der Waals surface area (Å²) in [6.45, 7) is 3.36. The molecule has 152 valence electrons.